The predicted octanol–water partition coefficient (Wildman–Crippen LogP) is 1.69. The van der Waals surface area contributed by atoms with Gasteiger partial charge in [0.15, 0.2) is 5.82 Å². The number of likely N-dealkylation sites (N-methyl/N-ethyl adjacent to an activating group) is 1. The van der Waals surface area contributed by atoms with Crippen LogP contribution in [0.1, 0.15) is 19.5 Å². The van der Waals surface area contributed by atoms with E-state index in [-0.39, 0.29) is 12.7 Å². The fourth-order valence-corrected chi connectivity index (χ4v) is 2.02. The van der Waals surface area contributed by atoms with Crippen molar-refractivity contribution in [2.24, 2.45) is 0 Å². The molecule has 5 nitrogen and oxygen atoms in total. The number of aromatic nitrogens is 2. The zero-order chi connectivity index (χ0) is 13.8. The van der Waals surface area contributed by atoms with Crippen molar-refractivity contribution in [2.45, 2.75) is 26.6 Å². The number of anilines is 1. The minimum absolute atomic E-state index is 0.0319. The molecule has 0 fully saturated rings. The summed E-state index contributed by atoms with van der Waals surface area (Å²) in [6.45, 7) is 5.39. The maximum atomic E-state index is 9.55. The van der Waals surface area contributed by atoms with Crippen LogP contribution >= 0.6 is 0 Å². The van der Waals surface area contributed by atoms with Crippen LogP contribution in [0.4, 0.5) is 5.82 Å². The lowest BCUT2D eigenvalue weighted by Gasteiger charge is -2.18. The van der Waals surface area contributed by atoms with Crippen molar-refractivity contribution in [1.82, 2.24) is 9.38 Å². The van der Waals surface area contributed by atoms with Crippen molar-refractivity contribution >= 4 is 11.5 Å². The number of hydrogen-bond acceptors (Lipinski definition) is 4. The number of hydrogen-bond donors (Lipinski definition) is 1. The Balaban J connectivity index is 2.19. The van der Waals surface area contributed by atoms with Crippen LogP contribution in [0.2, 0.25) is 0 Å². The lowest BCUT2D eigenvalue weighted by Crippen LogP contribution is -2.25. The van der Waals surface area contributed by atoms with Gasteiger partial charge in [-0.1, -0.05) is 6.07 Å². The van der Waals surface area contributed by atoms with Gasteiger partial charge in [-0.15, -0.1) is 0 Å². The highest BCUT2D eigenvalue weighted by molar-refractivity contribution is 5.55. The van der Waals surface area contributed by atoms with Gasteiger partial charge in [-0.2, -0.15) is 0 Å². The molecule has 0 aliphatic rings. The summed E-state index contributed by atoms with van der Waals surface area (Å²) in [5.41, 5.74) is 1.65. The number of ether oxygens (including phenoxy) is 1. The molecule has 0 spiro atoms. The van der Waals surface area contributed by atoms with Crippen LogP contribution in [0.3, 0.4) is 0 Å². The topological polar surface area (TPSA) is 50.0 Å². The number of aliphatic hydroxyl groups excluding tert-OH is 1. The van der Waals surface area contributed by atoms with Crippen LogP contribution in [0.25, 0.3) is 5.65 Å². The summed E-state index contributed by atoms with van der Waals surface area (Å²) in [6.07, 6.45) is 2.14. The zero-order valence-corrected chi connectivity index (χ0v) is 11.7. The van der Waals surface area contributed by atoms with Crippen molar-refractivity contribution in [3.8, 4) is 0 Å². The molecule has 2 aromatic heterocycles. The molecule has 1 N–H and O–H groups in total. The van der Waals surface area contributed by atoms with Gasteiger partial charge in [-0.05, 0) is 26.0 Å². The first-order valence-electron chi connectivity index (χ1n) is 6.53. The number of pyridine rings is 1. The van der Waals surface area contributed by atoms with E-state index in [4.69, 9.17) is 4.74 Å². The summed E-state index contributed by atoms with van der Waals surface area (Å²) in [6, 6.07) is 5.80. The van der Waals surface area contributed by atoms with Gasteiger partial charge in [0.1, 0.15) is 5.65 Å². The van der Waals surface area contributed by atoms with E-state index < -0.39 is 0 Å². The maximum Gasteiger partial charge on any atom is 0.153 e. The second kappa shape index (κ2) is 6.04. The molecule has 0 aromatic carbocycles. The third kappa shape index (κ3) is 3.05. The number of nitrogens with zero attached hydrogens (tertiary/aromatic N) is 3. The Labute approximate surface area is 113 Å². The van der Waals surface area contributed by atoms with E-state index in [0.29, 0.717) is 6.61 Å². The number of fused-ring (bicyclic) bond motifs is 1. The van der Waals surface area contributed by atoms with Gasteiger partial charge < -0.3 is 14.7 Å². The third-order valence-corrected chi connectivity index (χ3v) is 3.00. The normalized spacial score (nSPS) is 11.4. The van der Waals surface area contributed by atoms with Crippen LogP contribution in [0.15, 0.2) is 24.4 Å². The quantitative estimate of drug-likeness (QED) is 0.861. The summed E-state index contributed by atoms with van der Waals surface area (Å²) < 4.78 is 7.45. The van der Waals surface area contributed by atoms with E-state index in [1.165, 1.54) is 0 Å². The second-order valence-electron chi connectivity index (χ2n) is 4.81. The molecule has 2 aromatic rings. The zero-order valence-electron chi connectivity index (χ0n) is 11.7. The molecule has 0 saturated heterocycles. The Morgan fingerprint density at radius 2 is 2.21 bits per heavy atom. The van der Waals surface area contributed by atoms with Crippen LogP contribution < -0.4 is 4.90 Å². The minimum Gasteiger partial charge on any atom is -0.390 e. The number of imidazole rings is 1. The van der Waals surface area contributed by atoms with Gasteiger partial charge >= 0.3 is 0 Å². The van der Waals surface area contributed by atoms with Crippen molar-refractivity contribution in [3.63, 3.8) is 0 Å². The van der Waals surface area contributed by atoms with Gasteiger partial charge in [0.25, 0.3) is 0 Å². The first-order chi connectivity index (χ1) is 9.13. The van der Waals surface area contributed by atoms with Crippen molar-refractivity contribution in [3.05, 3.63) is 30.1 Å². The molecule has 0 radical (unpaired) electrons. The fourth-order valence-electron chi connectivity index (χ4n) is 2.02. The van der Waals surface area contributed by atoms with Gasteiger partial charge in [-0.3, -0.25) is 4.40 Å². The van der Waals surface area contributed by atoms with Gasteiger partial charge in [-0.25, -0.2) is 4.98 Å². The first-order valence-corrected chi connectivity index (χ1v) is 6.53. The van der Waals surface area contributed by atoms with Gasteiger partial charge in [0.05, 0.1) is 25.0 Å². The smallest absolute Gasteiger partial charge is 0.153 e. The van der Waals surface area contributed by atoms with E-state index in [1.807, 2.05) is 54.6 Å². The van der Waals surface area contributed by atoms with Gasteiger partial charge in [0.2, 0.25) is 0 Å². The van der Waals surface area contributed by atoms with E-state index >= 15 is 0 Å². The second-order valence-corrected chi connectivity index (χ2v) is 4.81. The molecular weight excluding hydrogens is 242 g/mol. The Kier molecular flexibility index (Phi) is 4.39. The van der Waals surface area contributed by atoms with E-state index in [0.717, 1.165) is 23.7 Å². The molecule has 2 heterocycles. The molecular formula is C14H21N3O2. The summed E-state index contributed by atoms with van der Waals surface area (Å²) in [5, 5.41) is 9.55. The van der Waals surface area contributed by atoms with Crippen LogP contribution in [0, 0.1) is 0 Å². The van der Waals surface area contributed by atoms with Crippen molar-refractivity contribution in [2.75, 3.05) is 25.1 Å². The average Bonchev–Trinajstić information content (AvgIpc) is 2.76. The highest BCUT2D eigenvalue weighted by Gasteiger charge is 2.14. The highest BCUT2D eigenvalue weighted by Crippen LogP contribution is 2.20. The molecule has 104 valence electrons. The number of aliphatic hydroxyl groups is 1. The van der Waals surface area contributed by atoms with Crippen molar-refractivity contribution in [1.29, 1.82) is 0 Å². The number of rotatable bonds is 6. The molecule has 0 amide bonds. The van der Waals surface area contributed by atoms with Crippen molar-refractivity contribution < 1.29 is 9.84 Å². The first kappa shape index (κ1) is 13.8. The van der Waals surface area contributed by atoms with E-state index in [9.17, 15) is 5.11 Å². The van der Waals surface area contributed by atoms with E-state index in [2.05, 4.69) is 4.98 Å². The molecule has 0 atom stereocenters. The molecule has 19 heavy (non-hydrogen) atoms. The molecule has 0 unspecified atom stereocenters. The molecule has 0 saturated carbocycles. The molecule has 0 bridgehead atoms. The summed E-state index contributed by atoms with van der Waals surface area (Å²) in [5.74, 6) is 0.807. The summed E-state index contributed by atoms with van der Waals surface area (Å²) >= 11 is 0. The highest BCUT2D eigenvalue weighted by atomic mass is 16.5. The van der Waals surface area contributed by atoms with Crippen LogP contribution in [-0.4, -0.2) is 40.8 Å². The SMILES string of the molecule is CC(C)OCCN(C)c1nc2ccccn2c1CO. The molecule has 5 heteroatoms. The lowest BCUT2D eigenvalue weighted by atomic mass is 10.4. The Bertz CT molecular complexity index is 536. The van der Waals surface area contributed by atoms with Gasteiger partial charge in [0, 0.05) is 19.8 Å². The standard InChI is InChI=1S/C14H21N3O2/c1-11(2)19-9-8-16(3)14-12(10-18)17-7-5-4-6-13(17)15-14/h4-7,11,18H,8-10H2,1-3H3. The fraction of sp³-hybridized carbons (Fsp3) is 0.500. The summed E-state index contributed by atoms with van der Waals surface area (Å²) in [4.78, 5) is 6.57. The maximum absolute atomic E-state index is 9.55. The Morgan fingerprint density at radius 1 is 1.42 bits per heavy atom. The van der Waals surface area contributed by atoms with Crippen LogP contribution in [-0.2, 0) is 11.3 Å². The minimum atomic E-state index is -0.0319. The molecule has 0 aliphatic carbocycles. The lowest BCUT2D eigenvalue weighted by molar-refractivity contribution is 0.0845. The summed E-state index contributed by atoms with van der Waals surface area (Å²) in [7, 11) is 1.96. The average molecular weight is 263 g/mol. The molecule has 2 rings (SSSR count). The third-order valence-electron chi connectivity index (χ3n) is 3.00. The Morgan fingerprint density at radius 3 is 2.89 bits per heavy atom. The monoisotopic (exact) mass is 263 g/mol. The predicted molar refractivity (Wildman–Crippen MR) is 75.5 cm³/mol. The van der Waals surface area contributed by atoms with Crippen LogP contribution in [0.5, 0.6) is 0 Å². The molecule has 0 aliphatic heterocycles. The Hall–Kier alpha value is -1.59. The van der Waals surface area contributed by atoms with E-state index in [1.54, 1.807) is 0 Å². The largest absolute Gasteiger partial charge is 0.390 e.